The average molecular weight is 172 g/mol. The third-order valence-corrected chi connectivity index (χ3v) is 2.63. The second-order valence-electron chi connectivity index (χ2n) is 1.97. The summed E-state index contributed by atoms with van der Waals surface area (Å²) in [5, 5.41) is 0. The Morgan fingerprint density at radius 3 is 2.36 bits per heavy atom. The molecule has 3 nitrogen and oxygen atoms in total. The molecule has 0 saturated heterocycles. The molecule has 1 aromatic carbocycles. The van der Waals surface area contributed by atoms with Gasteiger partial charge in [-0.25, -0.2) is 13.1 Å². The molecular formula is C7H9NO2S. The zero-order valence-corrected chi connectivity index (χ0v) is 6.88. The summed E-state index contributed by atoms with van der Waals surface area (Å²) in [7, 11) is -2.39. The van der Waals surface area contributed by atoms with Gasteiger partial charge < -0.3 is 0 Å². The molecule has 1 aromatic rings. The number of hydrogen-bond acceptors (Lipinski definition) is 2. The predicted octanol–water partition coefficient (Wildman–Crippen LogP) is 0.595. The summed E-state index contributed by atoms with van der Waals surface area (Å²) in [4.78, 5) is 0.141. The van der Waals surface area contributed by atoms with Crippen LogP contribution in [0.4, 0.5) is 0 Å². The zero-order chi connectivity index (χ0) is 9.19. The van der Waals surface area contributed by atoms with Crippen LogP contribution in [-0.2, 0) is 10.0 Å². The minimum Gasteiger partial charge on any atom is -0.214 e. The van der Waals surface area contributed by atoms with E-state index in [0.29, 0.717) is 4.72 Å². The van der Waals surface area contributed by atoms with E-state index in [2.05, 4.69) is 0 Å². The summed E-state index contributed by atoms with van der Waals surface area (Å²) in [6.07, 6.45) is 0. The predicted molar refractivity (Wildman–Crippen MR) is 42.7 cm³/mol. The maximum absolute atomic E-state index is 11.3. The first kappa shape index (κ1) is 6.82. The van der Waals surface area contributed by atoms with E-state index in [1.165, 1.54) is 19.2 Å². The molecule has 0 saturated carbocycles. The summed E-state index contributed by atoms with van der Waals surface area (Å²) in [6.45, 7) is 0. The third kappa shape index (κ3) is 1.78. The van der Waals surface area contributed by atoms with Crippen molar-refractivity contribution in [2.75, 3.05) is 7.05 Å². The van der Waals surface area contributed by atoms with Crippen molar-refractivity contribution in [2.24, 2.45) is 0 Å². The standard InChI is InChI=1S/C7H9NO2S/c1-8-11(9,10)7-5-3-2-4-6-7/h2-6,8H,1H3/i/hD. The van der Waals surface area contributed by atoms with Crippen LogP contribution < -0.4 is 4.72 Å². The van der Waals surface area contributed by atoms with Gasteiger partial charge in [-0.05, 0) is 19.2 Å². The van der Waals surface area contributed by atoms with Gasteiger partial charge in [-0.15, -0.1) is 0 Å². The van der Waals surface area contributed by atoms with E-state index in [1.807, 2.05) is 0 Å². The van der Waals surface area contributed by atoms with E-state index in [1.54, 1.807) is 18.2 Å². The van der Waals surface area contributed by atoms with Crippen molar-refractivity contribution in [1.29, 1.82) is 0 Å². The first-order chi connectivity index (χ1) is 5.55. The highest BCUT2D eigenvalue weighted by Gasteiger charge is 2.08. The molecule has 0 aliphatic rings. The summed E-state index contributed by atoms with van der Waals surface area (Å²) in [5.41, 5.74) is 0. The van der Waals surface area contributed by atoms with Gasteiger partial charge >= 0.3 is 0 Å². The van der Waals surface area contributed by atoms with E-state index < -0.39 is 10.0 Å². The molecule has 0 unspecified atom stereocenters. The van der Waals surface area contributed by atoms with Gasteiger partial charge in [0.1, 0.15) is 1.41 Å². The van der Waals surface area contributed by atoms with Crippen LogP contribution in [0.15, 0.2) is 35.2 Å². The van der Waals surface area contributed by atoms with Crippen molar-refractivity contribution >= 4 is 10.0 Å². The Labute approximate surface area is 67.6 Å². The molecule has 0 heterocycles. The zero-order valence-electron chi connectivity index (χ0n) is 7.06. The van der Waals surface area contributed by atoms with Crippen molar-refractivity contribution in [1.82, 2.24) is 4.72 Å². The molecule has 0 amide bonds. The van der Waals surface area contributed by atoms with Crippen molar-refractivity contribution < 1.29 is 9.83 Å². The van der Waals surface area contributed by atoms with Crippen LogP contribution in [0.25, 0.3) is 0 Å². The van der Waals surface area contributed by atoms with Gasteiger partial charge in [-0.3, -0.25) is 0 Å². The van der Waals surface area contributed by atoms with Gasteiger partial charge in [0.25, 0.3) is 0 Å². The molecule has 0 fully saturated rings. The van der Waals surface area contributed by atoms with Crippen molar-refractivity contribution in [2.45, 2.75) is 4.90 Å². The summed E-state index contributed by atoms with van der Waals surface area (Å²) >= 11 is 0. The van der Waals surface area contributed by atoms with Gasteiger partial charge in [0.15, 0.2) is 0 Å². The molecule has 1 N–H and O–H groups in total. The first-order valence-corrected chi connectivity index (χ1v) is 4.52. The second-order valence-corrected chi connectivity index (χ2v) is 3.76. The van der Waals surface area contributed by atoms with Crippen molar-refractivity contribution in [3.63, 3.8) is 0 Å². The van der Waals surface area contributed by atoms with Gasteiger partial charge in [-0.2, -0.15) is 0 Å². The molecule has 11 heavy (non-hydrogen) atoms. The molecular weight excluding hydrogens is 162 g/mol. The van der Waals surface area contributed by atoms with Crippen LogP contribution in [0.1, 0.15) is 0 Å². The van der Waals surface area contributed by atoms with E-state index in [9.17, 15) is 8.42 Å². The molecule has 0 spiro atoms. The molecule has 0 atom stereocenters. The lowest BCUT2D eigenvalue weighted by Crippen LogP contribution is -2.18. The summed E-state index contributed by atoms with van der Waals surface area (Å²) in [5.74, 6) is 0. The first-order valence-electron chi connectivity index (χ1n) is 3.53. The fourth-order valence-corrected chi connectivity index (χ4v) is 1.41. The van der Waals surface area contributed by atoms with Crippen LogP contribution in [0.5, 0.6) is 0 Å². The highest BCUT2D eigenvalue weighted by molar-refractivity contribution is 7.89. The van der Waals surface area contributed by atoms with Crippen LogP contribution in [-0.4, -0.2) is 15.5 Å². The molecule has 1 rings (SSSR count). The molecule has 0 bridgehead atoms. The lowest BCUT2D eigenvalue weighted by Gasteiger charge is -1.99. The largest absolute Gasteiger partial charge is 0.240 e. The Morgan fingerprint density at radius 1 is 1.36 bits per heavy atom. The van der Waals surface area contributed by atoms with Crippen LogP contribution in [0, 0.1) is 0 Å². The number of benzene rings is 1. The molecule has 0 aliphatic carbocycles. The SMILES string of the molecule is [2H]N(C)S(=O)(=O)c1ccccc1. The quantitative estimate of drug-likeness (QED) is 0.709. The van der Waals surface area contributed by atoms with E-state index in [0.717, 1.165) is 0 Å². The Balaban J connectivity index is 3.17. The highest BCUT2D eigenvalue weighted by atomic mass is 32.2. The average Bonchev–Trinajstić information content (AvgIpc) is 2.06. The lowest BCUT2D eigenvalue weighted by atomic mass is 10.4. The summed E-state index contributed by atoms with van der Waals surface area (Å²) in [6, 6.07) is 7.89. The highest BCUT2D eigenvalue weighted by Crippen LogP contribution is 2.05. The Morgan fingerprint density at radius 2 is 1.91 bits per heavy atom. The van der Waals surface area contributed by atoms with Crippen LogP contribution >= 0.6 is 0 Å². The number of hydrogen-bond donors (Lipinski definition) is 1. The minimum atomic E-state index is -3.58. The fraction of sp³-hybridized carbons (Fsp3) is 0.143. The second kappa shape index (κ2) is 3.02. The van der Waals surface area contributed by atoms with Gasteiger partial charge in [0.2, 0.25) is 10.0 Å². The topological polar surface area (TPSA) is 46.2 Å². The van der Waals surface area contributed by atoms with Crippen LogP contribution in [0.2, 0.25) is 1.41 Å². The molecule has 60 valence electrons. The lowest BCUT2D eigenvalue weighted by molar-refractivity contribution is 0.588. The molecule has 0 radical (unpaired) electrons. The van der Waals surface area contributed by atoms with E-state index >= 15 is 0 Å². The van der Waals surface area contributed by atoms with Crippen molar-refractivity contribution in [3.8, 4) is 0 Å². The maximum atomic E-state index is 11.3. The molecule has 0 aromatic heterocycles. The van der Waals surface area contributed by atoms with Crippen molar-refractivity contribution in [3.05, 3.63) is 30.3 Å². The normalized spacial score (nSPS) is 13.1. The monoisotopic (exact) mass is 172 g/mol. The number of nitrogens with one attached hydrogen (secondary N) is 1. The van der Waals surface area contributed by atoms with E-state index in [-0.39, 0.29) is 4.90 Å². The van der Waals surface area contributed by atoms with Gasteiger partial charge in [0.05, 0.1) is 4.90 Å². The maximum Gasteiger partial charge on any atom is 0.240 e. The Hall–Kier alpha value is -0.870. The molecule has 4 heteroatoms. The van der Waals surface area contributed by atoms with Crippen LogP contribution in [0.3, 0.4) is 0 Å². The van der Waals surface area contributed by atoms with Gasteiger partial charge in [0, 0.05) is 0 Å². The molecule has 0 aliphatic heterocycles. The Kier molecular flexibility index (Phi) is 1.87. The summed E-state index contributed by atoms with van der Waals surface area (Å²) < 4.78 is 30.0. The smallest absolute Gasteiger partial charge is 0.214 e. The Bertz CT molecular complexity index is 347. The number of sulfonamides is 1. The minimum absolute atomic E-state index is 0.141. The third-order valence-electron chi connectivity index (χ3n) is 1.28. The number of rotatable bonds is 2. The fourth-order valence-electron chi connectivity index (χ4n) is 0.698. The van der Waals surface area contributed by atoms with E-state index in [4.69, 9.17) is 1.41 Å². The van der Waals surface area contributed by atoms with Gasteiger partial charge in [-0.1, -0.05) is 18.2 Å².